The lowest BCUT2D eigenvalue weighted by Crippen LogP contribution is -2.41. The summed E-state index contributed by atoms with van der Waals surface area (Å²) < 4.78 is 9.90. The van der Waals surface area contributed by atoms with Crippen molar-refractivity contribution >= 4 is 5.97 Å². The molecule has 0 aliphatic heterocycles. The molecule has 1 aliphatic carbocycles. The van der Waals surface area contributed by atoms with Crippen LogP contribution >= 0.6 is 0 Å². The summed E-state index contributed by atoms with van der Waals surface area (Å²) in [6.45, 7) is 1.83. The first-order chi connectivity index (χ1) is 6.67. The molecule has 1 saturated carbocycles. The summed E-state index contributed by atoms with van der Waals surface area (Å²) in [5.74, 6) is -0.203. The fourth-order valence-electron chi connectivity index (χ4n) is 1.90. The Bertz CT molecular complexity index is 196. The quantitative estimate of drug-likeness (QED) is 0.680. The molecule has 0 bridgehead atoms. The highest BCUT2D eigenvalue weighted by Crippen LogP contribution is 2.21. The second-order valence-corrected chi connectivity index (χ2v) is 3.78. The van der Waals surface area contributed by atoms with E-state index in [9.17, 15) is 4.79 Å². The van der Waals surface area contributed by atoms with Crippen molar-refractivity contribution in [2.24, 2.45) is 0 Å². The predicted molar refractivity (Wildman–Crippen MR) is 53.0 cm³/mol. The minimum absolute atomic E-state index is 0.203. The van der Waals surface area contributed by atoms with Crippen molar-refractivity contribution in [2.75, 3.05) is 14.2 Å². The van der Waals surface area contributed by atoms with Gasteiger partial charge in [0.25, 0.3) is 0 Å². The second kappa shape index (κ2) is 5.32. The predicted octanol–water partition coefficient (Wildman–Crippen LogP) is 0.705. The fraction of sp³-hybridized carbons (Fsp3) is 0.900. The zero-order valence-electron chi connectivity index (χ0n) is 9.08. The number of ether oxygens (including phenoxy) is 2. The normalized spacial score (nSPS) is 28.8. The van der Waals surface area contributed by atoms with Gasteiger partial charge in [-0.05, 0) is 26.2 Å². The molecule has 3 atom stereocenters. The van der Waals surface area contributed by atoms with Crippen LogP contribution in [0.15, 0.2) is 0 Å². The molecule has 0 spiro atoms. The average Bonchev–Trinajstić information content (AvgIpc) is 2.64. The molecule has 14 heavy (non-hydrogen) atoms. The molecule has 1 aliphatic rings. The Morgan fingerprint density at radius 2 is 2.14 bits per heavy atom. The molecule has 1 fully saturated rings. The molecule has 0 amide bonds. The topological polar surface area (TPSA) is 47.6 Å². The largest absolute Gasteiger partial charge is 0.468 e. The third kappa shape index (κ3) is 2.96. The fourth-order valence-corrected chi connectivity index (χ4v) is 1.90. The van der Waals surface area contributed by atoms with Crippen LogP contribution in [0.5, 0.6) is 0 Å². The minimum Gasteiger partial charge on any atom is -0.468 e. The number of esters is 1. The average molecular weight is 201 g/mol. The Hall–Kier alpha value is -0.610. The first-order valence-corrected chi connectivity index (χ1v) is 5.04. The Morgan fingerprint density at radius 1 is 1.43 bits per heavy atom. The van der Waals surface area contributed by atoms with E-state index in [1.807, 2.05) is 6.92 Å². The van der Waals surface area contributed by atoms with Crippen LogP contribution in [-0.2, 0) is 14.3 Å². The summed E-state index contributed by atoms with van der Waals surface area (Å²) in [7, 11) is 3.14. The molecule has 0 aromatic heterocycles. The number of carbonyl (C=O) groups is 1. The Kier molecular flexibility index (Phi) is 4.35. The summed E-state index contributed by atoms with van der Waals surface area (Å²) in [4.78, 5) is 11.1. The Balaban J connectivity index is 2.28. The number of methoxy groups -OCH3 is 2. The maximum absolute atomic E-state index is 11.1. The van der Waals surface area contributed by atoms with Gasteiger partial charge in [-0.15, -0.1) is 0 Å². The van der Waals surface area contributed by atoms with Gasteiger partial charge < -0.3 is 14.8 Å². The van der Waals surface area contributed by atoms with Gasteiger partial charge in [-0.2, -0.15) is 0 Å². The van der Waals surface area contributed by atoms with E-state index < -0.39 is 0 Å². The lowest BCUT2D eigenvalue weighted by molar-refractivity contribution is -0.142. The molecule has 0 aromatic rings. The molecule has 4 nitrogen and oxygen atoms in total. The van der Waals surface area contributed by atoms with Gasteiger partial charge in [0.1, 0.15) is 6.04 Å². The molecule has 0 aromatic carbocycles. The molecule has 82 valence electrons. The molecule has 1 N–H and O–H groups in total. The van der Waals surface area contributed by atoms with Crippen LogP contribution in [0.25, 0.3) is 0 Å². The first-order valence-electron chi connectivity index (χ1n) is 5.04. The maximum atomic E-state index is 11.1. The standard InChI is InChI=1S/C10H19NO3/c1-7(10(12)14-3)11-8-4-5-9(6-8)13-2/h7-9,11H,4-6H2,1-3H3. The highest BCUT2D eigenvalue weighted by atomic mass is 16.5. The van der Waals surface area contributed by atoms with E-state index >= 15 is 0 Å². The summed E-state index contributed by atoms with van der Waals surface area (Å²) in [6.07, 6.45) is 3.47. The van der Waals surface area contributed by atoms with Crippen molar-refractivity contribution in [3.05, 3.63) is 0 Å². The van der Waals surface area contributed by atoms with E-state index in [2.05, 4.69) is 10.1 Å². The Labute approximate surface area is 85.0 Å². The molecule has 0 saturated heterocycles. The van der Waals surface area contributed by atoms with Gasteiger partial charge in [-0.25, -0.2) is 0 Å². The highest BCUT2D eigenvalue weighted by Gasteiger charge is 2.27. The van der Waals surface area contributed by atoms with Crippen LogP contribution in [0, 0.1) is 0 Å². The van der Waals surface area contributed by atoms with Gasteiger partial charge in [0.2, 0.25) is 0 Å². The van der Waals surface area contributed by atoms with E-state index in [0.29, 0.717) is 12.1 Å². The zero-order chi connectivity index (χ0) is 10.6. The minimum atomic E-state index is -0.222. The van der Waals surface area contributed by atoms with Crippen molar-refractivity contribution in [2.45, 2.75) is 44.4 Å². The first kappa shape index (κ1) is 11.5. The molecular formula is C10H19NO3. The maximum Gasteiger partial charge on any atom is 0.322 e. The van der Waals surface area contributed by atoms with Crippen molar-refractivity contribution in [3.8, 4) is 0 Å². The molecular weight excluding hydrogens is 182 g/mol. The summed E-state index contributed by atoms with van der Waals surface area (Å²) in [6, 6.07) is 0.162. The lowest BCUT2D eigenvalue weighted by Gasteiger charge is -2.17. The zero-order valence-corrected chi connectivity index (χ0v) is 9.08. The van der Waals surface area contributed by atoms with E-state index in [-0.39, 0.29) is 12.0 Å². The number of carbonyl (C=O) groups excluding carboxylic acids is 1. The number of hydrogen-bond donors (Lipinski definition) is 1. The monoisotopic (exact) mass is 201 g/mol. The number of nitrogens with one attached hydrogen (secondary N) is 1. The molecule has 0 heterocycles. The van der Waals surface area contributed by atoms with Crippen molar-refractivity contribution in [1.29, 1.82) is 0 Å². The van der Waals surface area contributed by atoms with Gasteiger partial charge in [-0.1, -0.05) is 0 Å². The highest BCUT2D eigenvalue weighted by molar-refractivity contribution is 5.75. The molecule has 1 rings (SSSR count). The second-order valence-electron chi connectivity index (χ2n) is 3.78. The SMILES string of the molecule is COC(=O)C(C)NC1CCC(OC)C1. The van der Waals surface area contributed by atoms with Crippen molar-refractivity contribution in [1.82, 2.24) is 5.32 Å². The van der Waals surface area contributed by atoms with Crippen LogP contribution < -0.4 is 5.32 Å². The van der Waals surface area contributed by atoms with Crippen LogP contribution in [0.4, 0.5) is 0 Å². The summed E-state index contributed by atoms with van der Waals surface area (Å²) in [5, 5.41) is 3.24. The molecule has 3 unspecified atom stereocenters. The smallest absolute Gasteiger partial charge is 0.322 e. The van der Waals surface area contributed by atoms with E-state index in [1.165, 1.54) is 7.11 Å². The van der Waals surface area contributed by atoms with Gasteiger partial charge in [-0.3, -0.25) is 4.79 Å². The van der Waals surface area contributed by atoms with Crippen LogP contribution in [0.3, 0.4) is 0 Å². The number of rotatable bonds is 4. The van der Waals surface area contributed by atoms with Crippen LogP contribution in [-0.4, -0.2) is 38.4 Å². The molecule has 0 radical (unpaired) electrons. The third-order valence-corrected chi connectivity index (χ3v) is 2.76. The molecule has 4 heteroatoms. The third-order valence-electron chi connectivity index (χ3n) is 2.76. The lowest BCUT2D eigenvalue weighted by atomic mass is 10.2. The summed E-state index contributed by atoms with van der Waals surface area (Å²) in [5.41, 5.74) is 0. The van der Waals surface area contributed by atoms with E-state index in [0.717, 1.165) is 19.3 Å². The van der Waals surface area contributed by atoms with Crippen molar-refractivity contribution < 1.29 is 14.3 Å². The van der Waals surface area contributed by atoms with Crippen molar-refractivity contribution in [3.63, 3.8) is 0 Å². The van der Waals surface area contributed by atoms with Crippen LogP contribution in [0.1, 0.15) is 26.2 Å². The van der Waals surface area contributed by atoms with Gasteiger partial charge in [0, 0.05) is 13.2 Å². The van der Waals surface area contributed by atoms with Gasteiger partial charge in [0.15, 0.2) is 0 Å². The van der Waals surface area contributed by atoms with Gasteiger partial charge >= 0.3 is 5.97 Å². The number of hydrogen-bond acceptors (Lipinski definition) is 4. The van der Waals surface area contributed by atoms with E-state index in [1.54, 1.807) is 7.11 Å². The van der Waals surface area contributed by atoms with Crippen LogP contribution in [0.2, 0.25) is 0 Å². The summed E-state index contributed by atoms with van der Waals surface area (Å²) >= 11 is 0. The Morgan fingerprint density at radius 3 is 2.64 bits per heavy atom. The van der Waals surface area contributed by atoms with E-state index in [4.69, 9.17) is 4.74 Å². The van der Waals surface area contributed by atoms with Gasteiger partial charge in [0.05, 0.1) is 13.2 Å².